The summed E-state index contributed by atoms with van der Waals surface area (Å²) in [6.45, 7) is 3.20. The van der Waals surface area contributed by atoms with Gasteiger partial charge in [0.25, 0.3) is 5.91 Å². The Labute approximate surface area is 145 Å². The van der Waals surface area contributed by atoms with Crippen molar-refractivity contribution in [2.75, 3.05) is 20.2 Å². The number of carboxylic acid groups (broad SMARTS) is 1. The van der Waals surface area contributed by atoms with E-state index in [0.717, 1.165) is 0 Å². The van der Waals surface area contributed by atoms with Crippen molar-refractivity contribution >= 4 is 11.9 Å². The summed E-state index contributed by atoms with van der Waals surface area (Å²) in [5, 5.41) is 9.01. The van der Waals surface area contributed by atoms with Gasteiger partial charge in [-0.15, -0.1) is 0 Å². The first-order valence-corrected chi connectivity index (χ1v) is 7.70. The molecule has 0 spiro atoms. The van der Waals surface area contributed by atoms with Crippen LogP contribution < -0.4 is 4.74 Å². The van der Waals surface area contributed by atoms with E-state index in [2.05, 4.69) is 4.98 Å². The van der Waals surface area contributed by atoms with Crippen molar-refractivity contribution in [3.63, 3.8) is 0 Å². The molecule has 0 unspecified atom stereocenters. The molecule has 2 aromatic rings. The molecule has 0 saturated carbocycles. The van der Waals surface area contributed by atoms with Crippen molar-refractivity contribution in [3.8, 4) is 17.2 Å². The lowest BCUT2D eigenvalue weighted by Gasteiger charge is -2.17. The minimum Gasteiger partial charge on any atom is -0.497 e. The number of oxazole rings is 1. The standard InChI is InChI=1S/C18H20N2O5/c1-4-5-9-20(11-15(21)22)18(23)16-12(2)19-17(25-16)13-7-6-8-14(10-13)24-3/h4-8,10H,9,11H2,1-3H3,(H,21,22)/b5-4+. The van der Waals surface area contributed by atoms with Gasteiger partial charge in [-0.1, -0.05) is 18.2 Å². The van der Waals surface area contributed by atoms with E-state index in [9.17, 15) is 9.59 Å². The van der Waals surface area contributed by atoms with E-state index >= 15 is 0 Å². The average molecular weight is 344 g/mol. The molecule has 2 rings (SSSR count). The Hall–Kier alpha value is -3.09. The predicted octanol–water partition coefficient (Wildman–Crippen LogP) is 2.76. The lowest BCUT2D eigenvalue weighted by molar-refractivity contribution is -0.137. The van der Waals surface area contributed by atoms with Gasteiger partial charge in [0.15, 0.2) is 0 Å². The summed E-state index contributed by atoms with van der Waals surface area (Å²) in [5.41, 5.74) is 1.07. The third kappa shape index (κ3) is 4.47. The molecule has 7 nitrogen and oxygen atoms in total. The number of rotatable bonds is 7. The highest BCUT2D eigenvalue weighted by Gasteiger charge is 2.24. The number of amides is 1. The lowest BCUT2D eigenvalue weighted by Crippen LogP contribution is -2.36. The monoisotopic (exact) mass is 344 g/mol. The number of benzene rings is 1. The summed E-state index contributed by atoms with van der Waals surface area (Å²) in [5.74, 6) is -0.658. The summed E-state index contributed by atoms with van der Waals surface area (Å²) in [4.78, 5) is 29.1. The van der Waals surface area contributed by atoms with Gasteiger partial charge in [0.05, 0.1) is 12.8 Å². The molecule has 132 valence electrons. The molecule has 0 saturated heterocycles. The molecule has 1 amide bonds. The van der Waals surface area contributed by atoms with E-state index in [1.165, 1.54) is 4.90 Å². The van der Waals surface area contributed by atoms with Gasteiger partial charge in [0, 0.05) is 12.1 Å². The quantitative estimate of drug-likeness (QED) is 0.776. The number of carboxylic acids is 1. The Morgan fingerprint density at radius 2 is 2.16 bits per heavy atom. The van der Waals surface area contributed by atoms with Gasteiger partial charge in [-0.3, -0.25) is 9.59 Å². The molecule has 1 heterocycles. The van der Waals surface area contributed by atoms with E-state index in [4.69, 9.17) is 14.3 Å². The normalized spacial score (nSPS) is 10.8. The predicted molar refractivity (Wildman–Crippen MR) is 91.6 cm³/mol. The van der Waals surface area contributed by atoms with E-state index in [-0.39, 0.29) is 18.2 Å². The number of carbonyl (C=O) groups excluding carboxylic acids is 1. The molecule has 0 aliphatic rings. The summed E-state index contributed by atoms with van der Waals surface area (Å²) >= 11 is 0. The zero-order valence-electron chi connectivity index (χ0n) is 14.4. The van der Waals surface area contributed by atoms with Crippen molar-refractivity contribution in [1.29, 1.82) is 0 Å². The van der Waals surface area contributed by atoms with Gasteiger partial charge in [-0.05, 0) is 32.0 Å². The van der Waals surface area contributed by atoms with Crippen molar-refractivity contribution in [1.82, 2.24) is 9.88 Å². The highest BCUT2D eigenvalue weighted by atomic mass is 16.5. The van der Waals surface area contributed by atoms with Crippen molar-refractivity contribution in [2.45, 2.75) is 13.8 Å². The van der Waals surface area contributed by atoms with Crippen LogP contribution in [0, 0.1) is 6.92 Å². The second kappa shape index (κ2) is 8.14. The van der Waals surface area contributed by atoms with Crippen molar-refractivity contribution < 1.29 is 23.8 Å². The van der Waals surface area contributed by atoms with Crippen LogP contribution in [0.2, 0.25) is 0 Å². The fraction of sp³-hybridized carbons (Fsp3) is 0.278. The molecular weight excluding hydrogens is 324 g/mol. The van der Waals surface area contributed by atoms with E-state index in [0.29, 0.717) is 17.0 Å². The molecule has 0 aliphatic carbocycles. The molecular formula is C18H20N2O5. The highest BCUT2D eigenvalue weighted by Crippen LogP contribution is 2.25. The molecule has 0 bridgehead atoms. The molecule has 1 N–H and O–H groups in total. The fourth-order valence-electron chi connectivity index (χ4n) is 2.23. The van der Waals surface area contributed by atoms with Crippen LogP contribution in [-0.2, 0) is 4.79 Å². The third-order valence-electron chi connectivity index (χ3n) is 3.48. The second-order valence-electron chi connectivity index (χ2n) is 5.31. The zero-order chi connectivity index (χ0) is 18.4. The number of methoxy groups -OCH3 is 1. The largest absolute Gasteiger partial charge is 0.497 e. The Morgan fingerprint density at radius 3 is 2.80 bits per heavy atom. The molecule has 0 aliphatic heterocycles. The van der Waals surface area contributed by atoms with Crippen LogP contribution >= 0.6 is 0 Å². The van der Waals surface area contributed by atoms with E-state index in [1.807, 2.05) is 0 Å². The van der Waals surface area contributed by atoms with Crippen LogP contribution in [0.1, 0.15) is 23.2 Å². The molecule has 7 heteroatoms. The van der Waals surface area contributed by atoms with Crippen LogP contribution in [0.4, 0.5) is 0 Å². The number of ether oxygens (including phenoxy) is 1. The van der Waals surface area contributed by atoms with Gasteiger partial charge in [-0.25, -0.2) is 4.98 Å². The van der Waals surface area contributed by atoms with Crippen LogP contribution in [0.15, 0.2) is 40.8 Å². The molecule has 25 heavy (non-hydrogen) atoms. The van der Waals surface area contributed by atoms with Crippen molar-refractivity contribution in [2.24, 2.45) is 0 Å². The Kier molecular flexibility index (Phi) is 5.94. The first-order chi connectivity index (χ1) is 12.0. The minimum absolute atomic E-state index is 0.0311. The maximum absolute atomic E-state index is 12.6. The second-order valence-corrected chi connectivity index (χ2v) is 5.31. The lowest BCUT2D eigenvalue weighted by atomic mass is 10.2. The summed E-state index contributed by atoms with van der Waals surface area (Å²) in [7, 11) is 1.56. The van der Waals surface area contributed by atoms with Crippen LogP contribution in [0.3, 0.4) is 0 Å². The smallest absolute Gasteiger partial charge is 0.323 e. The number of aryl methyl sites for hydroxylation is 1. The van der Waals surface area contributed by atoms with Crippen LogP contribution in [-0.4, -0.2) is 47.1 Å². The summed E-state index contributed by atoms with van der Waals surface area (Å²) in [6, 6.07) is 7.11. The first kappa shape index (κ1) is 18.3. The Balaban J connectivity index is 2.33. The topological polar surface area (TPSA) is 92.9 Å². The third-order valence-corrected chi connectivity index (χ3v) is 3.48. The van der Waals surface area contributed by atoms with Crippen molar-refractivity contribution in [3.05, 3.63) is 47.9 Å². The van der Waals surface area contributed by atoms with Gasteiger partial charge >= 0.3 is 5.97 Å². The van der Waals surface area contributed by atoms with Crippen LogP contribution in [0.5, 0.6) is 5.75 Å². The molecule has 1 aromatic carbocycles. The molecule has 0 atom stereocenters. The number of allylic oxidation sites excluding steroid dienone is 1. The molecule has 0 fully saturated rings. The number of aliphatic carboxylic acids is 1. The number of nitrogens with zero attached hydrogens (tertiary/aromatic N) is 2. The molecule has 1 aromatic heterocycles. The molecule has 0 radical (unpaired) electrons. The first-order valence-electron chi connectivity index (χ1n) is 7.70. The Bertz CT molecular complexity index is 795. The summed E-state index contributed by atoms with van der Waals surface area (Å²) in [6.07, 6.45) is 3.45. The van der Waals surface area contributed by atoms with E-state index < -0.39 is 18.4 Å². The average Bonchev–Trinajstić information content (AvgIpc) is 2.99. The number of hydrogen-bond donors (Lipinski definition) is 1. The van der Waals surface area contributed by atoms with Gasteiger partial charge in [-0.2, -0.15) is 0 Å². The zero-order valence-corrected chi connectivity index (χ0v) is 14.4. The minimum atomic E-state index is -1.09. The number of carbonyl (C=O) groups is 2. The van der Waals surface area contributed by atoms with Gasteiger partial charge in [0.2, 0.25) is 11.7 Å². The SMILES string of the molecule is C/C=C/CN(CC(=O)O)C(=O)c1oc(-c2cccc(OC)c2)nc1C. The van der Waals surface area contributed by atoms with Gasteiger partial charge < -0.3 is 19.2 Å². The maximum Gasteiger partial charge on any atom is 0.323 e. The number of aromatic nitrogens is 1. The fourth-order valence-corrected chi connectivity index (χ4v) is 2.23. The number of hydrogen-bond acceptors (Lipinski definition) is 5. The van der Waals surface area contributed by atoms with E-state index in [1.54, 1.807) is 57.4 Å². The Morgan fingerprint density at radius 1 is 1.40 bits per heavy atom. The highest BCUT2D eigenvalue weighted by molar-refractivity contribution is 5.94. The van der Waals surface area contributed by atoms with Crippen LogP contribution in [0.25, 0.3) is 11.5 Å². The summed E-state index contributed by atoms with van der Waals surface area (Å²) < 4.78 is 10.8. The maximum atomic E-state index is 12.6. The van der Waals surface area contributed by atoms with Gasteiger partial charge in [0.1, 0.15) is 12.3 Å².